The number of amides is 2. The van der Waals surface area contributed by atoms with Crippen LogP contribution in [0.2, 0.25) is 10.0 Å². The second-order valence-corrected chi connectivity index (χ2v) is 8.36. The predicted molar refractivity (Wildman–Crippen MR) is 116 cm³/mol. The topological polar surface area (TPSA) is 101 Å². The van der Waals surface area contributed by atoms with Crippen molar-refractivity contribution in [1.82, 2.24) is 14.5 Å². The molecule has 2 aromatic carbocycles. The predicted octanol–water partition coefficient (Wildman–Crippen LogP) is 3.14. The maximum absolute atomic E-state index is 12.9. The van der Waals surface area contributed by atoms with Gasteiger partial charge in [-0.1, -0.05) is 23.2 Å². The highest BCUT2D eigenvalue weighted by molar-refractivity contribution is 6.34. The molecule has 0 spiro atoms. The molecule has 0 bridgehead atoms. The maximum Gasteiger partial charge on any atom is 0.326 e. The lowest BCUT2D eigenvalue weighted by molar-refractivity contribution is -0.132. The second-order valence-electron chi connectivity index (χ2n) is 7.49. The Morgan fingerprint density at radius 2 is 1.87 bits per heavy atom. The van der Waals surface area contributed by atoms with Gasteiger partial charge in [-0.25, -0.2) is 4.79 Å². The molecule has 0 unspecified atom stereocenters. The zero-order valence-corrected chi connectivity index (χ0v) is 17.5. The van der Waals surface area contributed by atoms with Crippen molar-refractivity contribution in [3.63, 3.8) is 0 Å². The van der Waals surface area contributed by atoms with E-state index in [1.54, 1.807) is 45.9 Å². The third-order valence-electron chi connectivity index (χ3n) is 5.39. The third-order valence-corrected chi connectivity index (χ3v) is 5.83. The van der Waals surface area contributed by atoms with Gasteiger partial charge >= 0.3 is 5.69 Å². The number of hydrogen-bond acceptors (Lipinski definition) is 3. The number of hydrogen-bond donors (Lipinski definition) is 2. The van der Waals surface area contributed by atoms with Crippen molar-refractivity contribution in [3.05, 3.63) is 68.1 Å². The number of H-pyrrole nitrogens is 1. The average Bonchev–Trinajstić information content (AvgIpc) is 3.02. The first-order valence-electron chi connectivity index (χ1n) is 9.58. The van der Waals surface area contributed by atoms with E-state index < -0.39 is 5.91 Å². The van der Waals surface area contributed by atoms with Crippen molar-refractivity contribution in [1.29, 1.82) is 0 Å². The average molecular weight is 447 g/mol. The zero-order chi connectivity index (χ0) is 21.4. The molecule has 2 amide bonds. The normalized spacial score (nSPS) is 16.7. The van der Waals surface area contributed by atoms with Crippen LogP contribution in [0.3, 0.4) is 0 Å². The molecule has 156 valence electrons. The fourth-order valence-electron chi connectivity index (χ4n) is 4.04. The van der Waals surface area contributed by atoms with Crippen molar-refractivity contribution in [2.45, 2.75) is 25.3 Å². The number of nitrogens with one attached hydrogen (secondary N) is 1. The number of nitrogens with two attached hydrogens (primary N) is 1. The Labute approximate surface area is 182 Å². The van der Waals surface area contributed by atoms with Crippen LogP contribution >= 0.6 is 23.2 Å². The van der Waals surface area contributed by atoms with Crippen LogP contribution in [0.25, 0.3) is 11.0 Å². The number of aromatic nitrogens is 2. The van der Waals surface area contributed by atoms with Crippen molar-refractivity contribution < 1.29 is 9.59 Å². The summed E-state index contributed by atoms with van der Waals surface area (Å²) in [7, 11) is 0. The molecule has 2 heterocycles. The summed E-state index contributed by atoms with van der Waals surface area (Å²) in [5.74, 6) is -0.594. The van der Waals surface area contributed by atoms with E-state index in [1.807, 2.05) is 0 Å². The van der Waals surface area contributed by atoms with Gasteiger partial charge in [0.05, 0.1) is 23.5 Å². The molecule has 3 N–H and O–H groups in total. The lowest BCUT2D eigenvalue weighted by Gasteiger charge is -2.33. The van der Waals surface area contributed by atoms with Gasteiger partial charge < -0.3 is 15.6 Å². The number of benzene rings is 2. The van der Waals surface area contributed by atoms with E-state index in [1.165, 1.54) is 0 Å². The molecule has 1 aliphatic rings. The summed E-state index contributed by atoms with van der Waals surface area (Å²) in [6.45, 7) is 1.06. The standard InChI is InChI=1S/C21H20Cl2N4O3/c22-14-6-12(7-15(23)10-14)8-19(28)26-5-1-2-16(11-26)27-18-4-3-13(20(24)29)9-17(18)25-21(27)30/h3-4,6-7,9-10,16H,1-2,5,8,11H2,(H2,24,29)(H,25,30)/t16-/m0/s1. The molecule has 1 atom stereocenters. The molecule has 4 rings (SSSR count). The van der Waals surface area contributed by atoms with Gasteiger partial charge in [-0.2, -0.15) is 0 Å². The SMILES string of the molecule is NC(=O)c1ccc2c(c1)[nH]c(=O)n2[C@H]1CCCN(C(=O)Cc2cc(Cl)cc(Cl)c2)C1. The van der Waals surface area contributed by atoms with Crippen molar-refractivity contribution in [2.24, 2.45) is 5.73 Å². The fraction of sp³-hybridized carbons (Fsp3) is 0.286. The van der Waals surface area contributed by atoms with E-state index >= 15 is 0 Å². The van der Waals surface area contributed by atoms with E-state index in [0.717, 1.165) is 18.4 Å². The number of halogens is 2. The van der Waals surface area contributed by atoms with Crippen LogP contribution in [-0.2, 0) is 11.2 Å². The lowest BCUT2D eigenvalue weighted by Crippen LogP contribution is -2.43. The summed E-state index contributed by atoms with van der Waals surface area (Å²) >= 11 is 12.1. The number of piperidine rings is 1. The Morgan fingerprint density at radius 3 is 2.57 bits per heavy atom. The van der Waals surface area contributed by atoms with Gasteiger partial charge in [0.25, 0.3) is 0 Å². The van der Waals surface area contributed by atoms with Crippen LogP contribution in [0.15, 0.2) is 41.2 Å². The van der Waals surface area contributed by atoms with Gasteiger partial charge in [-0.3, -0.25) is 14.2 Å². The minimum Gasteiger partial charge on any atom is -0.366 e. The lowest BCUT2D eigenvalue weighted by atomic mass is 10.0. The third kappa shape index (κ3) is 4.08. The number of fused-ring (bicyclic) bond motifs is 1. The number of aromatic amines is 1. The second kappa shape index (κ2) is 8.16. The first-order valence-corrected chi connectivity index (χ1v) is 10.3. The molecule has 7 nitrogen and oxygen atoms in total. The van der Waals surface area contributed by atoms with Gasteiger partial charge in [-0.05, 0) is 54.8 Å². The minimum absolute atomic E-state index is 0.0399. The molecule has 0 radical (unpaired) electrons. The first-order chi connectivity index (χ1) is 14.3. The van der Waals surface area contributed by atoms with Gasteiger partial charge in [0.15, 0.2) is 0 Å². The molecule has 0 aliphatic carbocycles. The van der Waals surface area contributed by atoms with E-state index in [-0.39, 0.29) is 24.1 Å². The highest BCUT2D eigenvalue weighted by Gasteiger charge is 2.27. The minimum atomic E-state index is -0.555. The summed E-state index contributed by atoms with van der Waals surface area (Å²) in [5, 5.41) is 0.977. The number of nitrogens with zero attached hydrogens (tertiary/aromatic N) is 2. The van der Waals surface area contributed by atoms with E-state index in [9.17, 15) is 14.4 Å². The number of likely N-dealkylation sites (tertiary alicyclic amines) is 1. The molecular formula is C21H20Cl2N4O3. The van der Waals surface area contributed by atoms with Gasteiger partial charge in [0, 0.05) is 28.7 Å². The number of primary amides is 1. The Balaban J connectivity index is 1.56. The van der Waals surface area contributed by atoms with Crippen LogP contribution in [0.5, 0.6) is 0 Å². The van der Waals surface area contributed by atoms with Crippen LogP contribution < -0.4 is 11.4 Å². The smallest absolute Gasteiger partial charge is 0.326 e. The number of rotatable bonds is 4. The maximum atomic E-state index is 12.9. The number of imidazole rings is 1. The summed E-state index contributed by atoms with van der Waals surface area (Å²) in [6, 6.07) is 9.81. The van der Waals surface area contributed by atoms with Crippen LogP contribution in [0.1, 0.15) is 34.8 Å². The highest BCUT2D eigenvalue weighted by atomic mass is 35.5. The Hall–Kier alpha value is -2.77. The Bertz CT molecular complexity index is 1180. The largest absolute Gasteiger partial charge is 0.366 e. The van der Waals surface area contributed by atoms with Crippen LogP contribution in [-0.4, -0.2) is 39.4 Å². The molecule has 1 saturated heterocycles. The van der Waals surface area contributed by atoms with Crippen molar-refractivity contribution in [2.75, 3.05) is 13.1 Å². The fourth-order valence-corrected chi connectivity index (χ4v) is 4.61. The van der Waals surface area contributed by atoms with Gasteiger partial charge in [0.2, 0.25) is 11.8 Å². The van der Waals surface area contributed by atoms with Gasteiger partial charge in [-0.15, -0.1) is 0 Å². The monoisotopic (exact) mass is 446 g/mol. The first kappa shape index (κ1) is 20.5. The number of carbonyl (C=O) groups excluding carboxylic acids is 2. The van der Waals surface area contributed by atoms with Gasteiger partial charge in [0.1, 0.15) is 0 Å². The summed E-state index contributed by atoms with van der Waals surface area (Å²) in [6.07, 6.45) is 1.75. The molecule has 9 heteroatoms. The zero-order valence-electron chi connectivity index (χ0n) is 16.0. The molecule has 1 aromatic heterocycles. The molecule has 0 saturated carbocycles. The quantitative estimate of drug-likeness (QED) is 0.643. The van der Waals surface area contributed by atoms with Crippen LogP contribution in [0, 0.1) is 0 Å². The Morgan fingerprint density at radius 1 is 1.13 bits per heavy atom. The Kier molecular flexibility index (Phi) is 5.58. The van der Waals surface area contributed by atoms with E-state index in [2.05, 4.69) is 4.98 Å². The van der Waals surface area contributed by atoms with Crippen LogP contribution in [0.4, 0.5) is 0 Å². The summed E-state index contributed by atoms with van der Waals surface area (Å²) < 4.78 is 1.66. The number of carbonyl (C=O) groups is 2. The molecular weight excluding hydrogens is 427 g/mol. The van der Waals surface area contributed by atoms with E-state index in [4.69, 9.17) is 28.9 Å². The molecule has 1 fully saturated rings. The summed E-state index contributed by atoms with van der Waals surface area (Å²) in [4.78, 5) is 41.5. The molecule has 3 aromatic rings. The molecule has 30 heavy (non-hydrogen) atoms. The highest BCUT2D eigenvalue weighted by Crippen LogP contribution is 2.26. The van der Waals surface area contributed by atoms with Crippen molar-refractivity contribution >= 4 is 46.0 Å². The van der Waals surface area contributed by atoms with Crippen molar-refractivity contribution in [3.8, 4) is 0 Å². The summed E-state index contributed by atoms with van der Waals surface area (Å²) in [5.41, 5.74) is 7.37. The van der Waals surface area contributed by atoms with E-state index in [0.29, 0.717) is 39.7 Å². The molecule has 1 aliphatic heterocycles.